The normalized spacial score (nSPS) is 11.1. The van der Waals surface area contributed by atoms with Gasteiger partial charge in [-0.1, -0.05) is 69.9 Å². The van der Waals surface area contributed by atoms with Crippen LogP contribution >= 0.6 is 0 Å². The minimum atomic E-state index is 0.147. The van der Waals surface area contributed by atoms with Crippen LogP contribution in [-0.4, -0.2) is 34.6 Å². The van der Waals surface area contributed by atoms with Crippen molar-refractivity contribution in [2.75, 3.05) is 13.1 Å². The van der Waals surface area contributed by atoms with Gasteiger partial charge in [0.1, 0.15) is 0 Å². The Hall–Kier alpha value is -0.650. The van der Waals surface area contributed by atoms with Gasteiger partial charge in [-0.2, -0.15) is 0 Å². The third kappa shape index (κ3) is 17.4. The van der Waals surface area contributed by atoms with Crippen molar-refractivity contribution in [2.45, 2.75) is 90.4 Å². The molecular weight excluding hydrogens is 280 g/mol. The number of amides is 1. The standard InChI is InChI=1S/C17H36N2O3/c1-2-3-4-5-6-7-8-9-11-14-17(20)18-15-12-10-13-16-19(21)22/h21-22H,2-16H2,1H3,(H,18,20). The van der Waals surface area contributed by atoms with E-state index in [4.69, 9.17) is 10.4 Å². The molecule has 0 rings (SSSR count). The van der Waals surface area contributed by atoms with Crippen molar-refractivity contribution in [2.24, 2.45) is 0 Å². The van der Waals surface area contributed by atoms with Gasteiger partial charge in [0, 0.05) is 13.0 Å². The first-order valence-electron chi connectivity index (χ1n) is 9.08. The molecule has 0 fully saturated rings. The van der Waals surface area contributed by atoms with Gasteiger partial charge >= 0.3 is 0 Å². The van der Waals surface area contributed by atoms with Gasteiger partial charge in [0.2, 0.25) is 5.91 Å². The molecule has 132 valence electrons. The number of nitrogens with zero attached hydrogens (tertiary/aromatic N) is 1. The summed E-state index contributed by atoms with van der Waals surface area (Å²) < 4.78 is 0. The van der Waals surface area contributed by atoms with Crippen molar-refractivity contribution in [1.82, 2.24) is 10.5 Å². The number of nitrogens with one attached hydrogen (secondary N) is 1. The fourth-order valence-electron chi connectivity index (χ4n) is 2.47. The smallest absolute Gasteiger partial charge is 0.219 e. The van der Waals surface area contributed by atoms with Gasteiger partial charge in [-0.05, 0) is 19.3 Å². The molecule has 0 heterocycles. The number of hydrogen-bond donors (Lipinski definition) is 3. The molecule has 0 aliphatic rings. The van der Waals surface area contributed by atoms with Gasteiger partial charge in [-0.25, -0.2) is 0 Å². The van der Waals surface area contributed by atoms with Crippen LogP contribution in [0, 0.1) is 0 Å². The van der Waals surface area contributed by atoms with Gasteiger partial charge in [-0.3, -0.25) is 15.2 Å². The molecule has 0 aliphatic carbocycles. The van der Waals surface area contributed by atoms with Crippen LogP contribution in [0.15, 0.2) is 0 Å². The van der Waals surface area contributed by atoms with Crippen molar-refractivity contribution in [1.29, 1.82) is 0 Å². The zero-order chi connectivity index (χ0) is 16.5. The lowest BCUT2D eigenvalue weighted by Gasteiger charge is -2.07. The molecule has 0 radical (unpaired) electrons. The Morgan fingerprint density at radius 1 is 0.818 bits per heavy atom. The number of rotatable bonds is 16. The average Bonchev–Trinajstić information content (AvgIpc) is 2.48. The molecule has 0 aliphatic heterocycles. The van der Waals surface area contributed by atoms with E-state index in [1.54, 1.807) is 0 Å². The molecule has 0 saturated heterocycles. The van der Waals surface area contributed by atoms with Crippen molar-refractivity contribution in [3.05, 3.63) is 0 Å². The molecule has 5 nitrogen and oxygen atoms in total. The van der Waals surface area contributed by atoms with E-state index in [-0.39, 0.29) is 17.7 Å². The fraction of sp³-hybridized carbons (Fsp3) is 0.941. The lowest BCUT2D eigenvalue weighted by atomic mass is 10.1. The minimum absolute atomic E-state index is 0.147. The van der Waals surface area contributed by atoms with Crippen molar-refractivity contribution < 1.29 is 15.2 Å². The summed E-state index contributed by atoms with van der Waals surface area (Å²) in [7, 11) is 0. The predicted molar refractivity (Wildman–Crippen MR) is 89.0 cm³/mol. The van der Waals surface area contributed by atoms with Crippen LogP contribution in [0.1, 0.15) is 90.4 Å². The third-order valence-electron chi connectivity index (χ3n) is 3.86. The Labute approximate surface area is 136 Å². The molecule has 0 bridgehead atoms. The predicted octanol–water partition coefficient (Wildman–Crippen LogP) is 4.27. The highest BCUT2D eigenvalue weighted by molar-refractivity contribution is 5.75. The maximum absolute atomic E-state index is 11.6. The second-order valence-corrected chi connectivity index (χ2v) is 6.08. The molecule has 22 heavy (non-hydrogen) atoms. The zero-order valence-corrected chi connectivity index (χ0v) is 14.4. The summed E-state index contributed by atoms with van der Waals surface area (Å²) in [5, 5.41) is 20.2. The number of hydroxylamine groups is 2. The van der Waals surface area contributed by atoms with E-state index >= 15 is 0 Å². The van der Waals surface area contributed by atoms with Gasteiger partial charge < -0.3 is 5.32 Å². The molecule has 0 saturated carbocycles. The van der Waals surface area contributed by atoms with Gasteiger partial charge in [0.25, 0.3) is 0 Å². The van der Waals surface area contributed by atoms with Crippen molar-refractivity contribution in [3.8, 4) is 0 Å². The zero-order valence-electron chi connectivity index (χ0n) is 14.4. The van der Waals surface area contributed by atoms with Crippen LogP contribution in [-0.2, 0) is 4.79 Å². The number of carbonyl (C=O) groups is 1. The quantitative estimate of drug-likeness (QED) is 0.294. The average molecular weight is 316 g/mol. The highest BCUT2D eigenvalue weighted by atomic mass is 16.8. The molecule has 0 unspecified atom stereocenters. The van der Waals surface area contributed by atoms with E-state index in [9.17, 15) is 4.79 Å². The summed E-state index contributed by atoms with van der Waals surface area (Å²) >= 11 is 0. The topological polar surface area (TPSA) is 72.8 Å². The first-order chi connectivity index (χ1) is 10.7. The lowest BCUT2D eigenvalue weighted by molar-refractivity contribution is -0.306. The first-order valence-corrected chi connectivity index (χ1v) is 9.08. The number of hydrogen-bond acceptors (Lipinski definition) is 4. The Morgan fingerprint density at radius 2 is 1.36 bits per heavy atom. The molecule has 1 amide bonds. The second kappa shape index (κ2) is 16.7. The Kier molecular flexibility index (Phi) is 16.2. The van der Waals surface area contributed by atoms with E-state index in [0.717, 1.165) is 32.1 Å². The highest BCUT2D eigenvalue weighted by Crippen LogP contribution is 2.10. The highest BCUT2D eigenvalue weighted by Gasteiger charge is 2.01. The van der Waals surface area contributed by atoms with Crippen LogP contribution in [0.25, 0.3) is 0 Å². The molecular formula is C17H36N2O3. The SMILES string of the molecule is CCCCCCCCCCCC(=O)NCCCCCN(O)O. The molecule has 0 atom stereocenters. The minimum Gasteiger partial charge on any atom is -0.356 e. The number of unbranched alkanes of at least 4 members (excludes halogenated alkanes) is 10. The first kappa shape index (κ1) is 21.4. The second-order valence-electron chi connectivity index (χ2n) is 6.08. The summed E-state index contributed by atoms with van der Waals surface area (Å²) in [6.45, 7) is 3.18. The summed E-state index contributed by atoms with van der Waals surface area (Å²) in [4.78, 5) is 11.6. The van der Waals surface area contributed by atoms with E-state index in [1.165, 1.54) is 44.9 Å². The fourth-order valence-corrected chi connectivity index (χ4v) is 2.47. The van der Waals surface area contributed by atoms with Gasteiger partial charge in [0.15, 0.2) is 0 Å². The summed E-state index contributed by atoms with van der Waals surface area (Å²) in [5.74, 6) is 0.147. The van der Waals surface area contributed by atoms with Crippen molar-refractivity contribution >= 4 is 5.91 Å². The van der Waals surface area contributed by atoms with E-state index in [2.05, 4.69) is 12.2 Å². The molecule has 0 aromatic rings. The van der Waals surface area contributed by atoms with Crippen LogP contribution in [0.3, 0.4) is 0 Å². The Bertz CT molecular complexity index is 248. The number of carbonyl (C=O) groups excluding carboxylic acids is 1. The van der Waals surface area contributed by atoms with Crippen LogP contribution in [0.5, 0.6) is 0 Å². The van der Waals surface area contributed by atoms with Crippen LogP contribution in [0.4, 0.5) is 0 Å². The summed E-state index contributed by atoms with van der Waals surface area (Å²) in [6.07, 6.45) is 14.6. The molecule has 0 aromatic carbocycles. The molecule has 3 N–H and O–H groups in total. The third-order valence-corrected chi connectivity index (χ3v) is 3.86. The lowest BCUT2D eigenvalue weighted by Crippen LogP contribution is -2.24. The maximum atomic E-state index is 11.6. The van der Waals surface area contributed by atoms with Crippen molar-refractivity contribution in [3.63, 3.8) is 0 Å². The molecule has 0 aromatic heterocycles. The summed E-state index contributed by atoms with van der Waals surface area (Å²) in [5.41, 5.74) is 0. The maximum Gasteiger partial charge on any atom is 0.219 e. The van der Waals surface area contributed by atoms with Crippen LogP contribution in [0.2, 0.25) is 0 Å². The molecule has 5 heteroatoms. The largest absolute Gasteiger partial charge is 0.356 e. The van der Waals surface area contributed by atoms with Gasteiger partial charge in [0.05, 0.1) is 6.54 Å². The van der Waals surface area contributed by atoms with Gasteiger partial charge in [-0.15, -0.1) is 0 Å². The van der Waals surface area contributed by atoms with E-state index in [1.807, 2.05) is 0 Å². The Morgan fingerprint density at radius 3 is 1.95 bits per heavy atom. The monoisotopic (exact) mass is 316 g/mol. The van der Waals surface area contributed by atoms with E-state index < -0.39 is 0 Å². The molecule has 0 spiro atoms. The van der Waals surface area contributed by atoms with E-state index in [0.29, 0.717) is 13.0 Å². The van der Waals surface area contributed by atoms with Crippen LogP contribution < -0.4 is 5.32 Å². The summed E-state index contributed by atoms with van der Waals surface area (Å²) in [6, 6.07) is 0. The Balaban J connectivity index is 3.16.